The van der Waals surface area contributed by atoms with Gasteiger partial charge in [-0.1, -0.05) is 18.2 Å². The third-order valence-electron chi connectivity index (χ3n) is 1.93. The first kappa shape index (κ1) is 10.5. The third-order valence-corrected chi connectivity index (χ3v) is 4.16. The van der Waals surface area contributed by atoms with E-state index in [1.54, 1.807) is 11.3 Å². The van der Waals surface area contributed by atoms with Crippen molar-refractivity contribution in [3.63, 3.8) is 0 Å². The van der Waals surface area contributed by atoms with Crippen LogP contribution in [0.5, 0.6) is 0 Å². The first-order chi connectivity index (χ1) is 6.77. The van der Waals surface area contributed by atoms with Crippen LogP contribution in [0.25, 0.3) is 0 Å². The molecular weight excluding hydrogens is 327 g/mol. The number of hydrogen-bond donors (Lipinski definition) is 0. The molecule has 2 rings (SSSR count). The standard InChI is InChI=1S/C11H8ClIS/c12-11(10-5-2-6-14-10)8-3-1-4-9(13)7-8/h1-7,11H. The van der Waals surface area contributed by atoms with Crippen molar-refractivity contribution >= 4 is 45.5 Å². The molecule has 0 spiro atoms. The van der Waals surface area contributed by atoms with Gasteiger partial charge in [0.05, 0.1) is 5.38 Å². The summed E-state index contributed by atoms with van der Waals surface area (Å²) in [6.07, 6.45) is 0. The highest BCUT2D eigenvalue weighted by Gasteiger charge is 2.11. The van der Waals surface area contributed by atoms with Gasteiger partial charge in [-0.3, -0.25) is 0 Å². The first-order valence-electron chi connectivity index (χ1n) is 4.20. The third kappa shape index (κ3) is 2.30. The van der Waals surface area contributed by atoms with Crippen LogP contribution in [-0.2, 0) is 0 Å². The largest absolute Gasteiger partial charge is 0.147 e. The van der Waals surface area contributed by atoms with Crippen LogP contribution in [0.4, 0.5) is 0 Å². The fraction of sp³-hybridized carbons (Fsp3) is 0.0909. The minimum absolute atomic E-state index is 0.00952. The molecule has 1 aromatic heterocycles. The maximum absolute atomic E-state index is 6.35. The Hall–Kier alpha value is -0.0600. The fourth-order valence-corrected chi connectivity index (χ4v) is 2.92. The lowest BCUT2D eigenvalue weighted by Gasteiger charge is -2.07. The molecule has 0 amide bonds. The Kier molecular flexibility index (Phi) is 3.47. The van der Waals surface area contributed by atoms with Crippen LogP contribution in [0.1, 0.15) is 15.8 Å². The van der Waals surface area contributed by atoms with Gasteiger partial charge in [-0.25, -0.2) is 0 Å². The van der Waals surface area contributed by atoms with Gasteiger partial charge in [0.15, 0.2) is 0 Å². The van der Waals surface area contributed by atoms with Crippen LogP contribution >= 0.6 is 45.5 Å². The van der Waals surface area contributed by atoms with Crippen molar-refractivity contribution in [3.8, 4) is 0 Å². The predicted octanol–water partition coefficient (Wildman–Crippen LogP) is 4.68. The van der Waals surface area contributed by atoms with Crippen LogP contribution in [0, 0.1) is 3.57 Å². The van der Waals surface area contributed by atoms with E-state index in [2.05, 4.69) is 52.2 Å². The molecule has 0 aliphatic rings. The van der Waals surface area contributed by atoms with Gasteiger partial charge in [-0.2, -0.15) is 0 Å². The molecule has 0 fully saturated rings. The van der Waals surface area contributed by atoms with Gasteiger partial charge in [-0.05, 0) is 51.7 Å². The van der Waals surface area contributed by atoms with Crippen LogP contribution in [-0.4, -0.2) is 0 Å². The van der Waals surface area contributed by atoms with Crippen molar-refractivity contribution in [2.45, 2.75) is 5.38 Å². The second kappa shape index (κ2) is 4.64. The van der Waals surface area contributed by atoms with Crippen molar-refractivity contribution in [2.75, 3.05) is 0 Å². The van der Waals surface area contributed by atoms with Crippen LogP contribution < -0.4 is 0 Å². The molecule has 0 radical (unpaired) electrons. The van der Waals surface area contributed by atoms with Gasteiger partial charge in [0, 0.05) is 8.45 Å². The van der Waals surface area contributed by atoms with E-state index in [1.165, 1.54) is 14.0 Å². The Morgan fingerprint density at radius 2 is 2.07 bits per heavy atom. The molecule has 2 aromatic rings. The van der Waals surface area contributed by atoms with Crippen molar-refractivity contribution < 1.29 is 0 Å². The molecule has 1 heterocycles. The monoisotopic (exact) mass is 334 g/mol. The second-order valence-electron chi connectivity index (χ2n) is 2.93. The van der Waals surface area contributed by atoms with Gasteiger partial charge in [0.1, 0.15) is 0 Å². The van der Waals surface area contributed by atoms with Gasteiger partial charge in [0.25, 0.3) is 0 Å². The average molecular weight is 335 g/mol. The molecule has 0 saturated carbocycles. The summed E-state index contributed by atoms with van der Waals surface area (Å²) in [4.78, 5) is 1.20. The summed E-state index contributed by atoms with van der Waals surface area (Å²) in [7, 11) is 0. The summed E-state index contributed by atoms with van der Waals surface area (Å²) in [6, 6.07) is 12.4. The maximum atomic E-state index is 6.35. The number of alkyl halides is 1. The second-order valence-corrected chi connectivity index (χ2v) is 5.59. The molecule has 1 unspecified atom stereocenters. The van der Waals surface area contributed by atoms with Crippen molar-refractivity contribution in [1.29, 1.82) is 0 Å². The lowest BCUT2D eigenvalue weighted by Crippen LogP contribution is -1.89. The highest BCUT2D eigenvalue weighted by molar-refractivity contribution is 14.1. The van der Waals surface area contributed by atoms with Crippen molar-refractivity contribution in [2.24, 2.45) is 0 Å². The zero-order chi connectivity index (χ0) is 9.97. The molecule has 72 valence electrons. The number of benzene rings is 1. The molecule has 3 heteroatoms. The minimum Gasteiger partial charge on any atom is -0.147 e. The summed E-state index contributed by atoms with van der Waals surface area (Å²) < 4.78 is 1.22. The Morgan fingerprint density at radius 3 is 2.71 bits per heavy atom. The number of rotatable bonds is 2. The van der Waals surface area contributed by atoms with E-state index in [4.69, 9.17) is 11.6 Å². The smallest absolute Gasteiger partial charge is 0.0928 e. The zero-order valence-corrected chi connectivity index (χ0v) is 11.0. The van der Waals surface area contributed by atoms with E-state index < -0.39 is 0 Å². The molecule has 0 bridgehead atoms. The van der Waals surface area contributed by atoms with E-state index in [0.717, 1.165) is 0 Å². The summed E-state index contributed by atoms with van der Waals surface area (Å²) in [6.45, 7) is 0. The number of halogens is 2. The van der Waals surface area contributed by atoms with Gasteiger partial charge < -0.3 is 0 Å². The van der Waals surface area contributed by atoms with E-state index >= 15 is 0 Å². The average Bonchev–Trinajstić information content (AvgIpc) is 2.69. The summed E-state index contributed by atoms with van der Waals surface area (Å²) in [5.74, 6) is 0. The summed E-state index contributed by atoms with van der Waals surface area (Å²) in [5, 5.41) is 2.04. The molecule has 0 saturated heterocycles. The SMILES string of the molecule is ClC(c1cccc(I)c1)c1cccs1. The topological polar surface area (TPSA) is 0 Å². The van der Waals surface area contributed by atoms with Crippen LogP contribution in [0.3, 0.4) is 0 Å². The number of hydrogen-bond acceptors (Lipinski definition) is 1. The lowest BCUT2D eigenvalue weighted by atomic mass is 10.1. The van der Waals surface area contributed by atoms with Crippen LogP contribution in [0.2, 0.25) is 0 Å². The highest BCUT2D eigenvalue weighted by Crippen LogP contribution is 2.32. The Morgan fingerprint density at radius 1 is 1.21 bits per heavy atom. The maximum Gasteiger partial charge on any atom is 0.0928 e. The molecule has 0 N–H and O–H groups in total. The number of thiophene rings is 1. The molecular formula is C11H8ClIS. The van der Waals surface area contributed by atoms with E-state index in [0.29, 0.717) is 0 Å². The molecule has 0 nitrogen and oxygen atoms in total. The first-order valence-corrected chi connectivity index (χ1v) is 6.60. The quantitative estimate of drug-likeness (QED) is 0.552. The normalized spacial score (nSPS) is 12.7. The summed E-state index contributed by atoms with van der Waals surface area (Å²) in [5.41, 5.74) is 1.17. The van der Waals surface area contributed by atoms with E-state index in [1.807, 2.05) is 12.1 Å². The Labute approximate surface area is 106 Å². The van der Waals surface area contributed by atoms with Crippen molar-refractivity contribution in [1.82, 2.24) is 0 Å². The Balaban J connectivity index is 2.32. The predicted molar refractivity (Wildman–Crippen MR) is 71.2 cm³/mol. The minimum atomic E-state index is -0.00952. The zero-order valence-electron chi connectivity index (χ0n) is 7.28. The highest BCUT2D eigenvalue weighted by atomic mass is 127. The van der Waals surface area contributed by atoms with Crippen molar-refractivity contribution in [3.05, 3.63) is 55.8 Å². The molecule has 1 aromatic carbocycles. The fourth-order valence-electron chi connectivity index (χ4n) is 1.26. The molecule has 0 aliphatic carbocycles. The molecule has 1 atom stereocenters. The Bertz CT molecular complexity index is 411. The van der Waals surface area contributed by atoms with E-state index in [-0.39, 0.29) is 5.38 Å². The van der Waals surface area contributed by atoms with Gasteiger partial charge in [0.2, 0.25) is 0 Å². The summed E-state index contributed by atoms with van der Waals surface area (Å²) >= 11 is 10.4. The van der Waals surface area contributed by atoms with E-state index in [9.17, 15) is 0 Å². The van der Waals surface area contributed by atoms with Gasteiger partial charge >= 0.3 is 0 Å². The molecule has 0 aliphatic heterocycles. The van der Waals surface area contributed by atoms with Crippen LogP contribution in [0.15, 0.2) is 41.8 Å². The molecule has 14 heavy (non-hydrogen) atoms. The van der Waals surface area contributed by atoms with Gasteiger partial charge in [-0.15, -0.1) is 22.9 Å². The lowest BCUT2D eigenvalue weighted by molar-refractivity contribution is 1.18.